The minimum Gasteiger partial charge on any atom is -0.374 e. The third kappa shape index (κ3) is 3.16. The molecule has 6 heteroatoms. The summed E-state index contributed by atoms with van der Waals surface area (Å²) in [6.45, 7) is 3.87. The zero-order chi connectivity index (χ0) is 16.4. The summed E-state index contributed by atoms with van der Waals surface area (Å²) in [4.78, 5) is 6.71. The van der Waals surface area contributed by atoms with Gasteiger partial charge in [0.25, 0.3) is 0 Å². The lowest BCUT2D eigenvalue weighted by molar-refractivity contribution is -0.0401. The Morgan fingerprint density at radius 1 is 1.21 bits per heavy atom. The maximum atomic E-state index is 13.9. The van der Waals surface area contributed by atoms with Gasteiger partial charge in [-0.15, -0.1) is 0 Å². The van der Waals surface area contributed by atoms with Crippen LogP contribution in [-0.2, 0) is 17.8 Å². The molecule has 0 aliphatic carbocycles. The van der Waals surface area contributed by atoms with Crippen molar-refractivity contribution < 1.29 is 9.13 Å². The van der Waals surface area contributed by atoms with Gasteiger partial charge in [-0.05, 0) is 29.8 Å². The average Bonchev–Trinajstić information content (AvgIpc) is 3.11. The summed E-state index contributed by atoms with van der Waals surface area (Å²) in [5, 5.41) is 4.82. The van der Waals surface area contributed by atoms with Crippen LogP contribution in [0.1, 0.15) is 5.56 Å². The molecule has 0 bridgehead atoms. The van der Waals surface area contributed by atoms with E-state index < -0.39 is 0 Å². The molecule has 1 saturated heterocycles. The minimum atomic E-state index is -0.222. The Balaban J connectivity index is 1.50. The molecule has 24 heavy (non-hydrogen) atoms. The van der Waals surface area contributed by atoms with Crippen LogP contribution in [0.15, 0.2) is 48.9 Å². The third-order valence-electron chi connectivity index (χ3n) is 4.37. The zero-order valence-electron chi connectivity index (χ0n) is 13.3. The van der Waals surface area contributed by atoms with Gasteiger partial charge in [0, 0.05) is 43.6 Å². The third-order valence-corrected chi connectivity index (χ3v) is 4.37. The van der Waals surface area contributed by atoms with E-state index in [4.69, 9.17) is 4.74 Å². The van der Waals surface area contributed by atoms with Crippen LogP contribution in [0.2, 0.25) is 0 Å². The minimum absolute atomic E-state index is 0.110. The highest BCUT2D eigenvalue weighted by molar-refractivity contribution is 5.82. The van der Waals surface area contributed by atoms with Crippen molar-refractivity contribution in [2.75, 3.05) is 19.7 Å². The lowest BCUT2D eigenvalue weighted by Crippen LogP contribution is -2.43. The number of halogens is 1. The van der Waals surface area contributed by atoms with Crippen LogP contribution < -0.4 is 0 Å². The van der Waals surface area contributed by atoms with E-state index in [0.29, 0.717) is 12.0 Å². The van der Waals surface area contributed by atoms with Crippen molar-refractivity contribution in [1.82, 2.24) is 19.7 Å². The van der Waals surface area contributed by atoms with Crippen molar-refractivity contribution in [3.8, 4) is 0 Å². The maximum absolute atomic E-state index is 13.9. The van der Waals surface area contributed by atoms with Gasteiger partial charge in [0.15, 0.2) is 0 Å². The van der Waals surface area contributed by atoms with E-state index >= 15 is 0 Å². The Labute approximate surface area is 139 Å². The van der Waals surface area contributed by atoms with E-state index in [1.54, 1.807) is 24.5 Å². The number of pyridine rings is 1. The molecule has 1 aromatic carbocycles. The van der Waals surface area contributed by atoms with Crippen LogP contribution in [0.25, 0.3) is 10.9 Å². The Morgan fingerprint density at radius 2 is 2.17 bits per heavy atom. The number of aromatic nitrogens is 3. The Morgan fingerprint density at radius 3 is 3.04 bits per heavy atom. The topological polar surface area (TPSA) is 43.2 Å². The predicted octanol–water partition coefficient (Wildman–Crippen LogP) is 2.47. The Hall–Kier alpha value is -2.31. The molecule has 0 radical (unpaired) electrons. The van der Waals surface area contributed by atoms with Gasteiger partial charge in [-0.3, -0.25) is 14.6 Å². The molecule has 3 heterocycles. The fraction of sp³-hybridized carbons (Fsp3) is 0.333. The second-order valence-electron chi connectivity index (χ2n) is 6.06. The molecule has 1 atom stereocenters. The molecule has 0 saturated carbocycles. The Bertz CT molecular complexity index is 821. The summed E-state index contributed by atoms with van der Waals surface area (Å²) in [7, 11) is 0. The molecule has 124 valence electrons. The van der Waals surface area contributed by atoms with Crippen LogP contribution in [0.4, 0.5) is 4.39 Å². The number of hydrogen-bond donors (Lipinski definition) is 0. The van der Waals surface area contributed by atoms with Gasteiger partial charge >= 0.3 is 0 Å². The molecule has 0 N–H and O–H groups in total. The second kappa shape index (κ2) is 6.67. The summed E-state index contributed by atoms with van der Waals surface area (Å²) >= 11 is 0. The maximum Gasteiger partial charge on any atom is 0.132 e. The van der Waals surface area contributed by atoms with Crippen molar-refractivity contribution in [2.24, 2.45) is 0 Å². The fourth-order valence-electron chi connectivity index (χ4n) is 3.22. The van der Waals surface area contributed by atoms with Crippen molar-refractivity contribution >= 4 is 10.9 Å². The largest absolute Gasteiger partial charge is 0.374 e. The van der Waals surface area contributed by atoms with Crippen LogP contribution in [-0.4, -0.2) is 45.5 Å². The average molecular weight is 326 g/mol. The van der Waals surface area contributed by atoms with Gasteiger partial charge in [-0.2, -0.15) is 5.10 Å². The first kappa shape index (κ1) is 15.2. The van der Waals surface area contributed by atoms with Crippen LogP contribution >= 0.6 is 0 Å². The van der Waals surface area contributed by atoms with E-state index in [1.807, 2.05) is 23.0 Å². The van der Waals surface area contributed by atoms with Crippen molar-refractivity contribution in [3.05, 3.63) is 60.3 Å². The van der Waals surface area contributed by atoms with Crippen molar-refractivity contribution in [2.45, 2.75) is 19.2 Å². The second-order valence-corrected chi connectivity index (χ2v) is 6.06. The van der Waals surface area contributed by atoms with Crippen LogP contribution in [0.3, 0.4) is 0 Å². The van der Waals surface area contributed by atoms with E-state index in [9.17, 15) is 4.39 Å². The molecule has 0 amide bonds. The van der Waals surface area contributed by atoms with Gasteiger partial charge in [0.05, 0.1) is 24.8 Å². The molecule has 0 unspecified atom stereocenters. The van der Waals surface area contributed by atoms with E-state index in [0.717, 1.165) is 37.3 Å². The highest BCUT2D eigenvalue weighted by Gasteiger charge is 2.22. The standard InChI is InChI=1S/C18H19FN4O/c19-17-5-4-14(18-16(17)3-1-6-20-18)11-22-9-10-24-15(12-22)13-23-8-2-7-21-23/h1-8,15H,9-13H2/t15-/m1/s1. The number of nitrogens with zero attached hydrogens (tertiary/aromatic N) is 4. The monoisotopic (exact) mass is 326 g/mol. The highest BCUT2D eigenvalue weighted by atomic mass is 19.1. The number of fused-ring (bicyclic) bond motifs is 1. The van der Waals surface area contributed by atoms with E-state index in [1.165, 1.54) is 6.07 Å². The molecule has 5 nitrogen and oxygen atoms in total. The van der Waals surface area contributed by atoms with Gasteiger partial charge in [-0.25, -0.2) is 4.39 Å². The first-order valence-corrected chi connectivity index (χ1v) is 8.13. The molecule has 1 fully saturated rings. The van der Waals surface area contributed by atoms with Gasteiger partial charge < -0.3 is 4.74 Å². The smallest absolute Gasteiger partial charge is 0.132 e. The molecular formula is C18H19FN4O. The van der Waals surface area contributed by atoms with Gasteiger partial charge in [0.2, 0.25) is 0 Å². The van der Waals surface area contributed by atoms with Crippen LogP contribution in [0, 0.1) is 5.82 Å². The summed E-state index contributed by atoms with van der Waals surface area (Å²) in [5.74, 6) is -0.222. The predicted molar refractivity (Wildman–Crippen MR) is 88.9 cm³/mol. The number of benzene rings is 1. The summed E-state index contributed by atoms with van der Waals surface area (Å²) in [6, 6.07) is 8.83. The normalized spacial score (nSPS) is 19.0. The first-order chi connectivity index (χ1) is 11.8. The van der Waals surface area contributed by atoms with Crippen molar-refractivity contribution in [3.63, 3.8) is 0 Å². The summed E-state index contributed by atoms with van der Waals surface area (Å²) in [5.41, 5.74) is 1.79. The molecule has 3 aromatic rings. The van der Waals surface area contributed by atoms with E-state index in [2.05, 4.69) is 15.0 Å². The molecule has 2 aromatic heterocycles. The summed E-state index contributed by atoms with van der Waals surface area (Å²) in [6.07, 6.45) is 5.54. The van der Waals surface area contributed by atoms with E-state index in [-0.39, 0.29) is 11.9 Å². The lowest BCUT2D eigenvalue weighted by atomic mass is 10.1. The molecule has 1 aliphatic heterocycles. The quantitative estimate of drug-likeness (QED) is 0.739. The fourth-order valence-corrected chi connectivity index (χ4v) is 3.22. The number of rotatable bonds is 4. The number of ether oxygens (including phenoxy) is 1. The number of hydrogen-bond acceptors (Lipinski definition) is 4. The molecule has 0 spiro atoms. The summed E-state index contributed by atoms with van der Waals surface area (Å²) < 4.78 is 21.7. The number of morpholine rings is 1. The molecular weight excluding hydrogens is 307 g/mol. The van der Waals surface area contributed by atoms with Gasteiger partial charge in [-0.1, -0.05) is 6.07 Å². The first-order valence-electron chi connectivity index (χ1n) is 8.13. The van der Waals surface area contributed by atoms with Crippen molar-refractivity contribution in [1.29, 1.82) is 0 Å². The van der Waals surface area contributed by atoms with Crippen LogP contribution in [0.5, 0.6) is 0 Å². The van der Waals surface area contributed by atoms with Gasteiger partial charge in [0.1, 0.15) is 5.82 Å². The zero-order valence-corrected chi connectivity index (χ0v) is 13.3. The lowest BCUT2D eigenvalue weighted by Gasteiger charge is -2.33. The molecule has 4 rings (SSSR count). The Kier molecular flexibility index (Phi) is 4.23. The molecule has 1 aliphatic rings. The SMILES string of the molecule is Fc1ccc(CN2CCO[C@@H](Cn3cccn3)C2)c2ncccc12. The highest BCUT2D eigenvalue weighted by Crippen LogP contribution is 2.22.